The Kier molecular flexibility index (Phi) is 5.02. The molecule has 1 atom stereocenters. The maximum atomic E-state index is 12.7. The van der Waals surface area contributed by atoms with Gasteiger partial charge in [0.2, 0.25) is 5.89 Å². The van der Waals surface area contributed by atoms with Gasteiger partial charge in [-0.3, -0.25) is 4.79 Å². The predicted octanol–water partition coefficient (Wildman–Crippen LogP) is 2.29. The monoisotopic (exact) mass is 336 g/mol. The third-order valence-corrected chi connectivity index (χ3v) is 4.88. The molecule has 0 spiro atoms. The van der Waals surface area contributed by atoms with E-state index in [9.17, 15) is 4.79 Å². The highest BCUT2D eigenvalue weighted by molar-refractivity contribution is 7.11. The highest BCUT2D eigenvalue weighted by atomic mass is 32.1. The fourth-order valence-electron chi connectivity index (χ4n) is 2.78. The summed E-state index contributed by atoms with van der Waals surface area (Å²) in [6.45, 7) is 5.13. The fourth-order valence-corrected chi connectivity index (χ4v) is 3.57. The van der Waals surface area contributed by atoms with E-state index in [1.165, 1.54) is 11.3 Å². The van der Waals surface area contributed by atoms with Crippen molar-refractivity contribution in [2.45, 2.75) is 39.2 Å². The SMILES string of the molecule is CCc1ncsc1C(=O)N[C@@H](c1nc(C)no1)C1CCOCC1. The van der Waals surface area contributed by atoms with Gasteiger partial charge in [-0.25, -0.2) is 4.98 Å². The van der Waals surface area contributed by atoms with Crippen molar-refractivity contribution < 1.29 is 14.1 Å². The van der Waals surface area contributed by atoms with Crippen LogP contribution in [-0.2, 0) is 11.2 Å². The largest absolute Gasteiger partial charge is 0.381 e. The van der Waals surface area contributed by atoms with Gasteiger partial charge in [0.05, 0.1) is 11.2 Å². The van der Waals surface area contributed by atoms with Crippen LogP contribution >= 0.6 is 11.3 Å². The highest BCUT2D eigenvalue weighted by Crippen LogP contribution is 2.30. The molecule has 1 aliphatic rings. The molecule has 1 fully saturated rings. The third kappa shape index (κ3) is 3.59. The first-order valence-corrected chi connectivity index (χ1v) is 8.68. The minimum absolute atomic E-state index is 0.128. The van der Waals surface area contributed by atoms with Crippen LogP contribution in [0.3, 0.4) is 0 Å². The van der Waals surface area contributed by atoms with Gasteiger partial charge in [-0.05, 0) is 32.1 Å². The van der Waals surface area contributed by atoms with Crippen LogP contribution in [0.15, 0.2) is 10.0 Å². The van der Waals surface area contributed by atoms with Crippen molar-refractivity contribution in [2.24, 2.45) is 5.92 Å². The maximum absolute atomic E-state index is 12.7. The zero-order valence-corrected chi connectivity index (χ0v) is 14.1. The Bertz CT molecular complexity index is 663. The van der Waals surface area contributed by atoms with Crippen molar-refractivity contribution in [3.8, 4) is 0 Å². The lowest BCUT2D eigenvalue weighted by atomic mass is 9.91. The van der Waals surface area contributed by atoms with Crippen LogP contribution in [0.1, 0.15) is 52.9 Å². The average molecular weight is 336 g/mol. The Morgan fingerprint density at radius 2 is 2.26 bits per heavy atom. The molecule has 0 saturated carbocycles. The van der Waals surface area contributed by atoms with Gasteiger partial charge in [-0.1, -0.05) is 12.1 Å². The first-order valence-electron chi connectivity index (χ1n) is 7.80. The lowest BCUT2D eigenvalue weighted by Crippen LogP contribution is -2.36. The van der Waals surface area contributed by atoms with Crippen molar-refractivity contribution in [1.29, 1.82) is 0 Å². The van der Waals surface area contributed by atoms with Crippen molar-refractivity contribution in [1.82, 2.24) is 20.4 Å². The standard InChI is InChI=1S/C15H20N4O3S/c1-3-11-13(23-8-16-11)14(20)18-12(10-4-6-21-7-5-10)15-17-9(2)19-22-15/h8,10,12H,3-7H2,1-2H3,(H,18,20)/t12-/m1/s1. The number of amides is 1. The van der Waals surface area contributed by atoms with Gasteiger partial charge in [0, 0.05) is 13.2 Å². The molecule has 1 amide bonds. The minimum atomic E-state index is -0.292. The Morgan fingerprint density at radius 1 is 1.48 bits per heavy atom. The molecule has 1 saturated heterocycles. The number of carbonyl (C=O) groups is 1. The minimum Gasteiger partial charge on any atom is -0.381 e. The zero-order chi connectivity index (χ0) is 16.2. The summed E-state index contributed by atoms with van der Waals surface area (Å²) in [5, 5.41) is 6.93. The molecule has 3 rings (SSSR count). The van der Waals surface area contributed by atoms with E-state index >= 15 is 0 Å². The van der Waals surface area contributed by atoms with Crippen LogP contribution < -0.4 is 5.32 Å². The molecule has 0 aliphatic carbocycles. The van der Waals surface area contributed by atoms with Crippen molar-refractivity contribution in [3.05, 3.63) is 27.8 Å². The van der Waals surface area contributed by atoms with Crippen LogP contribution in [0.5, 0.6) is 0 Å². The molecule has 0 aromatic carbocycles. The van der Waals surface area contributed by atoms with Crippen LogP contribution in [0.2, 0.25) is 0 Å². The topological polar surface area (TPSA) is 90.1 Å². The molecule has 7 nitrogen and oxygen atoms in total. The number of nitrogens with zero attached hydrogens (tertiary/aromatic N) is 3. The molecule has 23 heavy (non-hydrogen) atoms. The first-order chi connectivity index (χ1) is 11.2. The van der Waals surface area contributed by atoms with Crippen molar-refractivity contribution in [3.63, 3.8) is 0 Å². The first kappa shape index (κ1) is 16.1. The Morgan fingerprint density at radius 3 is 2.91 bits per heavy atom. The predicted molar refractivity (Wildman–Crippen MR) is 84.3 cm³/mol. The van der Waals surface area contributed by atoms with E-state index in [-0.39, 0.29) is 17.9 Å². The molecular formula is C15H20N4O3S. The van der Waals surface area contributed by atoms with E-state index in [0.717, 1.165) is 25.0 Å². The number of aromatic nitrogens is 3. The van der Waals surface area contributed by atoms with Gasteiger partial charge >= 0.3 is 0 Å². The van der Waals surface area contributed by atoms with Gasteiger partial charge in [0.15, 0.2) is 5.82 Å². The van der Waals surface area contributed by atoms with E-state index < -0.39 is 0 Å². The molecule has 3 heterocycles. The number of rotatable bonds is 5. The lowest BCUT2D eigenvalue weighted by Gasteiger charge is -2.28. The summed E-state index contributed by atoms with van der Waals surface area (Å²) in [5.74, 6) is 1.13. The highest BCUT2D eigenvalue weighted by Gasteiger charge is 2.32. The van der Waals surface area contributed by atoms with Crippen LogP contribution in [-0.4, -0.2) is 34.2 Å². The third-order valence-electron chi connectivity index (χ3n) is 4.02. The van der Waals surface area contributed by atoms with E-state index in [1.54, 1.807) is 12.4 Å². The Hall–Kier alpha value is -1.80. The summed E-state index contributed by atoms with van der Waals surface area (Å²) in [6, 6.07) is -0.292. The van der Waals surface area contributed by atoms with Crippen LogP contribution in [0.4, 0.5) is 0 Å². The van der Waals surface area contributed by atoms with Crippen molar-refractivity contribution >= 4 is 17.2 Å². The molecule has 124 valence electrons. The molecule has 1 aliphatic heterocycles. The van der Waals surface area contributed by atoms with Gasteiger partial charge in [0.1, 0.15) is 10.9 Å². The van der Waals surface area contributed by atoms with E-state index in [1.807, 2.05) is 6.92 Å². The van der Waals surface area contributed by atoms with Crippen molar-refractivity contribution in [2.75, 3.05) is 13.2 Å². The second-order valence-electron chi connectivity index (χ2n) is 5.56. The molecule has 2 aromatic heterocycles. The average Bonchev–Trinajstić information content (AvgIpc) is 3.21. The fraction of sp³-hybridized carbons (Fsp3) is 0.600. The Balaban J connectivity index is 1.82. The molecule has 0 bridgehead atoms. The summed E-state index contributed by atoms with van der Waals surface area (Å²) in [5.41, 5.74) is 2.52. The number of hydrogen-bond donors (Lipinski definition) is 1. The summed E-state index contributed by atoms with van der Waals surface area (Å²) in [7, 11) is 0. The summed E-state index contributed by atoms with van der Waals surface area (Å²) >= 11 is 1.36. The molecule has 0 unspecified atom stereocenters. The van der Waals surface area contributed by atoms with Gasteiger partial charge in [-0.15, -0.1) is 11.3 Å². The number of hydrogen-bond acceptors (Lipinski definition) is 7. The molecular weight excluding hydrogens is 316 g/mol. The zero-order valence-electron chi connectivity index (χ0n) is 13.2. The summed E-state index contributed by atoms with van der Waals surface area (Å²) in [4.78, 5) is 21.9. The second kappa shape index (κ2) is 7.18. The van der Waals surface area contributed by atoms with E-state index in [4.69, 9.17) is 9.26 Å². The number of thiazole rings is 1. The van der Waals surface area contributed by atoms with Gasteiger partial charge in [-0.2, -0.15) is 4.98 Å². The molecule has 0 radical (unpaired) electrons. The quantitative estimate of drug-likeness (QED) is 0.901. The summed E-state index contributed by atoms with van der Waals surface area (Å²) < 4.78 is 10.7. The number of ether oxygens (including phenoxy) is 1. The van der Waals surface area contributed by atoms with Gasteiger partial charge < -0.3 is 14.6 Å². The second-order valence-corrected chi connectivity index (χ2v) is 6.42. The maximum Gasteiger partial charge on any atom is 0.263 e. The molecule has 2 aromatic rings. The smallest absolute Gasteiger partial charge is 0.263 e. The molecule has 8 heteroatoms. The lowest BCUT2D eigenvalue weighted by molar-refractivity contribution is 0.0468. The summed E-state index contributed by atoms with van der Waals surface area (Å²) in [6.07, 6.45) is 2.44. The Labute approximate surface area is 138 Å². The van der Waals surface area contributed by atoms with Gasteiger partial charge in [0.25, 0.3) is 5.91 Å². The molecule has 1 N–H and O–H groups in total. The normalized spacial score (nSPS) is 17.1. The number of carbonyl (C=O) groups excluding carboxylic acids is 1. The van der Waals surface area contributed by atoms with Crippen LogP contribution in [0.25, 0.3) is 0 Å². The van der Waals surface area contributed by atoms with E-state index in [0.29, 0.717) is 29.8 Å². The number of aryl methyl sites for hydroxylation is 2. The number of nitrogens with one attached hydrogen (secondary N) is 1. The van der Waals surface area contributed by atoms with Crippen LogP contribution in [0, 0.1) is 12.8 Å². The van der Waals surface area contributed by atoms with E-state index in [2.05, 4.69) is 20.4 Å².